The Morgan fingerprint density at radius 2 is 2.05 bits per heavy atom. The van der Waals surface area contributed by atoms with Crippen molar-refractivity contribution < 1.29 is 9.53 Å². The summed E-state index contributed by atoms with van der Waals surface area (Å²) in [5.41, 5.74) is -0.416. The molecular formula is C14H22N2O2S. The lowest BCUT2D eigenvalue weighted by Gasteiger charge is -2.32. The van der Waals surface area contributed by atoms with Crippen molar-refractivity contribution in [1.29, 1.82) is 0 Å². The molecule has 0 spiro atoms. The van der Waals surface area contributed by atoms with Crippen molar-refractivity contribution >= 4 is 17.4 Å². The normalized spacial score (nSPS) is 17.6. The molecule has 19 heavy (non-hydrogen) atoms. The van der Waals surface area contributed by atoms with E-state index in [0.717, 1.165) is 25.9 Å². The van der Waals surface area contributed by atoms with Gasteiger partial charge in [-0.25, -0.2) is 9.78 Å². The number of aryl methyl sites for hydroxylation is 1. The Labute approximate surface area is 118 Å². The molecule has 0 aliphatic carbocycles. The van der Waals surface area contributed by atoms with Gasteiger partial charge in [-0.15, -0.1) is 11.3 Å². The zero-order valence-electron chi connectivity index (χ0n) is 12.1. The summed E-state index contributed by atoms with van der Waals surface area (Å²) in [6.07, 6.45) is 3.69. The maximum absolute atomic E-state index is 12.0. The zero-order valence-corrected chi connectivity index (χ0v) is 12.9. The second kappa shape index (κ2) is 5.49. The molecule has 1 aliphatic heterocycles. The number of hydrogen-bond donors (Lipinski definition) is 0. The standard InChI is InChI=1S/C14H22N2O2S/c1-10-9-15-12(19-10)11-5-7-16(8-6-11)13(17)18-14(2,3)4/h9,11H,5-8H2,1-4H3. The highest BCUT2D eigenvalue weighted by atomic mass is 32.1. The Hall–Kier alpha value is -1.10. The first-order valence-corrected chi connectivity index (χ1v) is 7.57. The number of amides is 1. The molecule has 0 unspecified atom stereocenters. The predicted molar refractivity (Wildman–Crippen MR) is 76.6 cm³/mol. The molecule has 0 aromatic carbocycles. The minimum atomic E-state index is -0.416. The van der Waals surface area contributed by atoms with Gasteiger partial charge in [0.2, 0.25) is 0 Å². The maximum Gasteiger partial charge on any atom is 0.410 e. The Morgan fingerprint density at radius 3 is 2.53 bits per heavy atom. The van der Waals surface area contributed by atoms with Crippen LogP contribution in [0.2, 0.25) is 0 Å². The van der Waals surface area contributed by atoms with E-state index in [9.17, 15) is 4.79 Å². The van der Waals surface area contributed by atoms with E-state index in [0.29, 0.717) is 5.92 Å². The highest BCUT2D eigenvalue weighted by Crippen LogP contribution is 2.31. The van der Waals surface area contributed by atoms with Crippen LogP contribution in [0.4, 0.5) is 4.79 Å². The van der Waals surface area contributed by atoms with Gasteiger partial charge in [0.25, 0.3) is 0 Å². The first kappa shape index (κ1) is 14.3. The van der Waals surface area contributed by atoms with Crippen molar-refractivity contribution in [3.05, 3.63) is 16.1 Å². The van der Waals surface area contributed by atoms with Crippen LogP contribution >= 0.6 is 11.3 Å². The molecule has 0 radical (unpaired) electrons. The Morgan fingerprint density at radius 1 is 1.42 bits per heavy atom. The summed E-state index contributed by atoms with van der Waals surface area (Å²) in [4.78, 5) is 19.5. The number of nitrogens with zero attached hydrogens (tertiary/aromatic N) is 2. The summed E-state index contributed by atoms with van der Waals surface area (Å²) in [5.74, 6) is 0.498. The lowest BCUT2D eigenvalue weighted by molar-refractivity contribution is 0.0205. The van der Waals surface area contributed by atoms with Crippen LogP contribution in [-0.4, -0.2) is 34.7 Å². The van der Waals surface area contributed by atoms with Crippen molar-refractivity contribution in [1.82, 2.24) is 9.88 Å². The van der Waals surface area contributed by atoms with Crippen molar-refractivity contribution in [3.63, 3.8) is 0 Å². The minimum absolute atomic E-state index is 0.193. The van der Waals surface area contributed by atoms with Gasteiger partial charge in [0.05, 0.1) is 5.01 Å². The number of piperidine rings is 1. The van der Waals surface area contributed by atoms with E-state index < -0.39 is 5.60 Å². The topological polar surface area (TPSA) is 42.4 Å². The van der Waals surface area contributed by atoms with Crippen molar-refractivity contribution in [2.75, 3.05) is 13.1 Å². The van der Waals surface area contributed by atoms with E-state index in [4.69, 9.17) is 4.74 Å². The zero-order chi connectivity index (χ0) is 14.0. The monoisotopic (exact) mass is 282 g/mol. The van der Waals surface area contributed by atoms with Gasteiger partial charge < -0.3 is 9.64 Å². The summed E-state index contributed by atoms with van der Waals surface area (Å²) >= 11 is 1.77. The molecule has 4 nitrogen and oxygen atoms in total. The average molecular weight is 282 g/mol. The molecule has 5 heteroatoms. The van der Waals surface area contributed by atoms with Gasteiger partial charge in [-0.2, -0.15) is 0 Å². The Kier molecular flexibility index (Phi) is 4.13. The van der Waals surface area contributed by atoms with Crippen LogP contribution in [0.3, 0.4) is 0 Å². The predicted octanol–water partition coefficient (Wildman–Crippen LogP) is 3.57. The average Bonchev–Trinajstić information content (AvgIpc) is 2.74. The molecule has 1 aromatic heterocycles. The lowest BCUT2D eigenvalue weighted by Crippen LogP contribution is -2.41. The number of hydrogen-bond acceptors (Lipinski definition) is 4. The molecule has 1 fully saturated rings. The van der Waals surface area contributed by atoms with Crippen LogP contribution in [0.5, 0.6) is 0 Å². The van der Waals surface area contributed by atoms with Crippen LogP contribution in [0.1, 0.15) is 49.4 Å². The molecule has 106 valence electrons. The molecular weight excluding hydrogens is 260 g/mol. The van der Waals surface area contributed by atoms with E-state index in [1.54, 1.807) is 11.3 Å². The highest BCUT2D eigenvalue weighted by molar-refractivity contribution is 7.11. The maximum atomic E-state index is 12.0. The van der Waals surface area contributed by atoms with E-state index in [1.807, 2.05) is 31.9 Å². The third kappa shape index (κ3) is 3.93. The van der Waals surface area contributed by atoms with Gasteiger partial charge in [-0.3, -0.25) is 0 Å². The van der Waals surface area contributed by atoms with Crippen LogP contribution in [0.15, 0.2) is 6.20 Å². The number of carbonyl (C=O) groups excluding carboxylic acids is 1. The minimum Gasteiger partial charge on any atom is -0.444 e. The molecule has 0 bridgehead atoms. The molecule has 2 rings (SSSR count). The van der Waals surface area contributed by atoms with E-state index in [-0.39, 0.29) is 6.09 Å². The molecule has 0 N–H and O–H groups in total. The van der Waals surface area contributed by atoms with Gasteiger partial charge >= 0.3 is 6.09 Å². The van der Waals surface area contributed by atoms with Crippen molar-refractivity contribution in [2.45, 2.75) is 52.1 Å². The first-order chi connectivity index (χ1) is 8.85. The second-order valence-electron chi connectivity index (χ2n) is 6.05. The van der Waals surface area contributed by atoms with Crippen LogP contribution < -0.4 is 0 Å². The quantitative estimate of drug-likeness (QED) is 0.791. The fraction of sp³-hybridized carbons (Fsp3) is 0.714. The number of rotatable bonds is 1. The van der Waals surface area contributed by atoms with Gasteiger partial charge in [0.15, 0.2) is 0 Å². The van der Waals surface area contributed by atoms with E-state index in [1.165, 1.54) is 9.88 Å². The number of aromatic nitrogens is 1. The molecule has 2 heterocycles. The largest absolute Gasteiger partial charge is 0.444 e. The third-order valence-electron chi connectivity index (χ3n) is 3.14. The van der Waals surface area contributed by atoms with Crippen LogP contribution in [-0.2, 0) is 4.74 Å². The van der Waals surface area contributed by atoms with Crippen molar-refractivity contribution in [3.8, 4) is 0 Å². The fourth-order valence-corrected chi connectivity index (χ4v) is 3.14. The summed E-state index contributed by atoms with van der Waals surface area (Å²) in [6, 6.07) is 0. The smallest absolute Gasteiger partial charge is 0.410 e. The molecule has 1 aliphatic rings. The van der Waals surface area contributed by atoms with Gasteiger partial charge in [-0.1, -0.05) is 0 Å². The molecule has 1 saturated heterocycles. The summed E-state index contributed by atoms with van der Waals surface area (Å²) in [7, 11) is 0. The van der Waals surface area contributed by atoms with E-state index >= 15 is 0 Å². The van der Waals surface area contributed by atoms with Gasteiger partial charge in [0, 0.05) is 30.1 Å². The summed E-state index contributed by atoms with van der Waals surface area (Å²) < 4.78 is 5.40. The molecule has 0 saturated carbocycles. The van der Waals surface area contributed by atoms with Crippen molar-refractivity contribution in [2.24, 2.45) is 0 Å². The van der Waals surface area contributed by atoms with E-state index in [2.05, 4.69) is 11.9 Å². The number of carbonyl (C=O) groups is 1. The first-order valence-electron chi connectivity index (χ1n) is 6.75. The number of likely N-dealkylation sites (tertiary alicyclic amines) is 1. The highest BCUT2D eigenvalue weighted by Gasteiger charge is 2.28. The van der Waals surface area contributed by atoms with Gasteiger partial charge in [-0.05, 0) is 40.5 Å². The summed E-state index contributed by atoms with van der Waals surface area (Å²) in [6.45, 7) is 9.30. The third-order valence-corrected chi connectivity index (χ3v) is 4.21. The fourth-order valence-electron chi connectivity index (χ4n) is 2.20. The molecule has 1 aromatic rings. The lowest BCUT2D eigenvalue weighted by atomic mass is 9.98. The number of ether oxygens (including phenoxy) is 1. The molecule has 0 atom stereocenters. The van der Waals surface area contributed by atoms with Gasteiger partial charge in [0.1, 0.15) is 5.60 Å². The second-order valence-corrected chi connectivity index (χ2v) is 7.32. The number of thiazole rings is 1. The Bertz CT molecular complexity index is 443. The van der Waals surface area contributed by atoms with Crippen LogP contribution in [0.25, 0.3) is 0 Å². The molecule has 1 amide bonds. The Balaban J connectivity index is 1.87. The van der Waals surface area contributed by atoms with Crippen LogP contribution in [0, 0.1) is 6.92 Å². The SMILES string of the molecule is Cc1cnc(C2CCN(C(=O)OC(C)(C)C)CC2)s1. The summed E-state index contributed by atoms with van der Waals surface area (Å²) in [5, 5.41) is 1.21.